The largest absolute Gasteiger partial charge is 0.338 e. The van der Waals surface area contributed by atoms with Crippen molar-refractivity contribution in [2.75, 3.05) is 0 Å². The number of hydrogen-bond donors (Lipinski definition) is 0. The minimum absolute atomic E-state index is 0.0723. The summed E-state index contributed by atoms with van der Waals surface area (Å²) in [5, 5.41) is 0. The van der Waals surface area contributed by atoms with Crippen molar-refractivity contribution in [3.8, 4) is 0 Å². The molecule has 3 fully saturated rings. The van der Waals surface area contributed by atoms with Gasteiger partial charge in [-0.2, -0.15) is 0 Å². The minimum atomic E-state index is -0.681. The summed E-state index contributed by atoms with van der Waals surface area (Å²) in [6.45, 7) is 3.60. The normalized spacial score (nSPS) is 45.6. The van der Waals surface area contributed by atoms with Crippen molar-refractivity contribution in [1.82, 2.24) is 0 Å². The molecule has 2 heterocycles. The number of carbonyl (C=O) groups excluding carboxylic acids is 1. The first kappa shape index (κ1) is 8.83. The number of hydrogen-bond acceptors (Lipinski definition) is 4. The van der Waals surface area contributed by atoms with E-state index in [2.05, 4.69) is 0 Å². The zero-order chi connectivity index (χ0) is 9.92. The number of fused-ring (bicyclic) bond motifs is 1. The summed E-state index contributed by atoms with van der Waals surface area (Å²) in [6.07, 6.45) is 0.971. The van der Waals surface area contributed by atoms with Gasteiger partial charge in [-0.25, -0.2) is 0 Å². The van der Waals surface area contributed by atoms with Gasteiger partial charge in [0.2, 0.25) is 0 Å². The van der Waals surface area contributed by atoms with Gasteiger partial charge in [-0.05, 0) is 32.6 Å². The molecule has 0 radical (unpaired) electrons. The second kappa shape index (κ2) is 2.56. The lowest BCUT2D eigenvalue weighted by Crippen LogP contribution is -2.31. The summed E-state index contributed by atoms with van der Waals surface area (Å²) in [6, 6.07) is 0. The lowest BCUT2D eigenvalue weighted by molar-refractivity contribution is -0.206. The highest BCUT2D eigenvalue weighted by Crippen LogP contribution is 2.43. The van der Waals surface area contributed by atoms with Crippen LogP contribution in [-0.2, 0) is 19.0 Å². The van der Waals surface area contributed by atoms with Crippen molar-refractivity contribution in [3.63, 3.8) is 0 Å². The molecule has 4 heteroatoms. The van der Waals surface area contributed by atoms with Crippen LogP contribution in [0.4, 0.5) is 0 Å². The highest BCUT2D eigenvalue weighted by Gasteiger charge is 2.57. The van der Waals surface area contributed by atoms with Crippen LogP contribution in [0.3, 0.4) is 0 Å². The summed E-state index contributed by atoms with van der Waals surface area (Å²) in [5.74, 6) is -0.189. The van der Waals surface area contributed by atoms with Crippen LogP contribution in [-0.4, -0.2) is 30.1 Å². The van der Waals surface area contributed by atoms with Crippen molar-refractivity contribution < 1.29 is 19.0 Å². The predicted octanol–water partition coefficient (Wildman–Crippen LogP) is 0.842. The number of carbonyl (C=O) groups is 1. The van der Waals surface area contributed by atoms with Gasteiger partial charge in [-0.3, -0.25) is 4.79 Å². The van der Waals surface area contributed by atoms with E-state index in [9.17, 15) is 4.79 Å². The summed E-state index contributed by atoms with van der Waals surface area (Å²) in [5.41, 5.74) is 0. The third-order valence-electron chi connectivity index (χ3n) is 2.95. The average Bonchev–Trinajstić information content (AvgIpc) is 2.81. The molecule has 2 saturated heterocycles. The molecule has 3 rings (SSSR count). The monoisotopic (exact) mass is 198 g/mol. The van der Waals surface area contributed by atoms with Crippen LogP contribution < -0.4 is 0 Å². The zero-order valence-electron chi connectivity index (χ0n) is 8.36. The van der Waals surface area contributed by atoms with Crippen molar-refractivity contribution in [2.45, 2.75) is 51.0 Å². The Morgan fingerprint density at radius 2 is 1.93 bits per heavy atom. The van der Waals surface area contributed by atoms with Gasteiger partial charge in [0, 0.05) is 0 Å². The Kier molecular flexibility index (Phi) is 1.62. The lowest BCUT2D eigenvalue weighted by Gasteiger charge is -2.19. The van der Waals surface area contributed by atoms with Crippen LogP contribution in [0.5, 0.6) is 0 Å². The van der Waals surface area contributed by atoms with Crippen LogP contribution in [0.15, 0.2) is 0 Å². The molecule has 0 spiro atoms. The van der Waals surface area contributed by atoms with Gasteiger partial charge in [0.25, 0.3) is 0 Å². The molecule has 0 aromatic rings. The Balaban J connectivity index is 1.77. The number of Topliss-reactive ketones (excluding diaryl/α,β-unsaturated/α-hetero) is 1. The Labute approximate surface area is 82.5 Å². The SMILES string of the molecule is CC1(C)OC2O[C@H](C3CC3)C(=O)[C@H]2O1. The topological polar surface area (TPSA) is 44.8 Å². The van der Waals surface area contributed by atoms with Gasteiger partial charge in [0.05, 0.1) is 0 Å². The third-order valence-corrected chi connectivity index (χ3v) is 2.95. The van der Waals surface area contributed by atoms with Crippen molar-refractivity contribution >= 4 is 5.78 Å². The Morgan fingerprint density at radius 3 is 2.50 bits per heavy atom. The molecule has 4 nitrogen and oxygen atoms in total. The van der Waals surface area contributed by atoms with E-state index in [1.165, 1.54) is 0 Å². The molecule has 0 aromatic heterocycles. The van der Waals surface area contributed by atoms with Gasteiger partial charge >= 0.3 is 0 Å². The molecule has 14 heavy (non-hydrogen) atoms. The molecule has 3 aliphatic rings. The fourth-order valence-corrected chi connectivity index (χ4v) is 2.14. The third kappa shape index (κ3) is 1.21. The average molecular weight is 198 g/mol. The molecule has 1 saturated carbocycles. The minimum Gasteiger partial charge on any atom is -0.338 e. The summed E-state index contributed by atoms with van der Waals surface area (Å²) < 4.78 is 16.5. The van der Waals surface area contributed by atoms with E-state index in [-0.39, 0.29) is 11.9 Å². The van der Waals surface area contributed by atoms with E-state index in [0.29, 0.717) is 5.92 Å². The van der Waals surface area contributed by atoms with E-state index < -0.39 is 18.2 Å². The summed E-state index contributed by atoms with van der Waals surface area (Å²) in [7, 11) is 0. The predicted molar refractivity (Wildman–Crippen MR) is 46.4 cm³/mol. The lowest BCUT2D eigenvalue weighted by atomic mass is 10.1. The van der Waals surface area contributed by atoms with Crippen LogP contribution >= 0.6 is 0 Å². The van der Waals surface area contributed by atoms with E-state index in [0.717, 1.165) is 12.8 Å². The fourth-order valence-electron chi connectivity index (χ4n) is 2.14. The number of ketones is 1. The summed E-state index contributed by atoms with van der Waals surface area (Å²) in [4.78, 5) is 11.8. The standard InChI is InChI=1S/C10H14O4/c1-10(2)13-8-6(11)7(5-3-4-5)12-9(8)14-10/h5,7-9H,3-4H2,1-2H3/t7-,8-,9?/m1/s1. The second-order valence-corrected chi connectivity index (χ2v) is 4.72. The number of ether oxygens (including phenoxy) is 3. The summed E-state index contributed by atoms with van der Waals surface area (Å²) >= 11 is 0. The number of rotatable bonds is 1. The van der Waals surface area contributed by atoms with Gasteiger partial charge in [-0.1, -0.05) is 0 Å². The maximum absolute atomic E-state index is 11.8. The Bertz CT molecular complexity index is 282. The fraction of sp³-hybridized carbons (Fsp3) is 0.900. The van der Waals surface area contributed by atoms with Gasteiger partial charge < -0.3 is 14.2 Å². The molecule has 2 aliphatic heterocycles. The van der Waals surface area contributed by atoms with E-state index in [1.54, 1.807) is 13.8 Å². The maximum atomic E-state index is 11.8. The van der Waals surface area contributed by atoms with Crippen LogP contribution in [0, 0.1) is 5.92 Å². The van der Waals surface area contributed by atoms with Crippen LogP contribution in [0.2, 0.25) is 0 Å². The maximum Gasteiger partial charge on any atom is 0.195 e. The van der Waals surface area contributed by atoms with Crippen molar-refractivity contribution in [3.05, 3.63) is 0 Å². The molecule has 0 amide bonds. The zero-order valence-corrected chi connectivity index (χ0v) is 8.36. The molecule has 1 aliphatic carbocycles. The van der Waals surface area contributed by atoms with E-state index in [1.807, 2.05) is 0 Å². The molecule has 0 N–H and O–H groups in total. The van der Waals surface area contributed by atoms with Crippen LogP contribution in [0.1, 0.15) is 26.7 Å². The van der Waals surface area contributed by atoms with E-state index in [4.69, 9.17) is 14.2 Å². The van der Waals surface area contributed by atoms with E-state index >= 15 is 0 Å². The molecule has 3 atom stereocenters. The Hall–Kier alpha value is -0.450. The highest BCUT2D eigenvalue weighted by atomic mass is 16.8. The molecule has 78 valence electrons. The highest BCUT2D eigenvalue weighted by molar-refractivity contribution is 5.90. The van der Waals surface area contributed by atoms with Crippen molar-refractivity contribution in [1.29, 1.82) is 0 Å². The first-order valence-electron chi connectivity index (χ1n) is 5.12. The van der Waals surface area contributed by atoms with Gasteiger partial charge in [-0.15, -0.1) is 0 Å². The molecule has 0 aromatic carbocycles. The molecular formula is C10H14O4. The second-order valence-electron chi connectivity index (χ2n) is 4.72. The first-order valence-corrected chi connectivity index (χ1v) is 5.12. The quantitative estimate of drug-likeness (QED) is 0.626. The van der Waals surface area contributed by atoms with Crippen molar-refractivity contribution in [2.24, 2.45) is 5.92 Å². The smallest absolute Gasteiger partial charge is 0.195 e. The first-order chi connectivity index (χ1) is 6.57. The molecule has 1 unspecified atom stereocenters. The van der Waals surface area contributed by atoms with Crippen LogP contribution in [0.25, 0.3) is 0 Å². The molecular weight excluding hydrogens is 184 g/mol. The van der Waals surface area contributed by atoms with Gasteiger partial charge in [0.15, 0.2) is 24.0 Å². The molecule has 0 bridgehead atoms. The van der Waals surface area contributed by atoms with Gasteiger partial charge in [0.1, 0.15) is 6.10 Å². The Morgan fingerprint density at radius 1 is 1.21 bits per heavy atom.